The highest BCUT2D eigenvalue weighted by Gasteiger charge is 2.14. The summed E-state index contributed by atoms with van der Waals surface area (Å²) in [6.45, 7) is 2.75. The van der Waals surface area contributed by atoms with E-state index in [0.29, 0.717) is 11.7 Å². The molecule has 0 unspecified atom stereocenters. The summed E-state index contributed by atoms with van der Waals surface area (Å²) in [5, 5.41) is 4.16. The second kappa shape index (κ2) is 3.79. The third-order valence-corrected chi connectivity index (χ3v) is 2.45. The highest BCUT2D eigenvalue weighted by atomic mass is 16.5. The quantitative estimate of drug-likeness (QED) is 0.737. The molecular formula is C9H15N3O. The molecule has 0 amide bonds. The molecule has 1 fully saturated rings. The highest BCUT2D eigenvalue weighted by Crippen LogP contribution is 2.16. The van der Waals surface area contributed by atoms with Crippen molar-refractivity contribution in [2.75, 3.05) is 18.9 Å². The Balaban J connectivity index is 1.89. The normalized spacial score (nSPS) is 19.1. The molecule has 2 heterocycles. The van der Waals surface area contributed by atoms with Crippen LogP contribution in [0.2, 0.25) is 0 Å². The van der Waals surface area contributed by atoms with Crippen molar-refractivity contribution >= 4 is 5.82 Å². The van der Waals surface area contributed by atoms with Crippen molar-refractivity contribution in [3.05, 3.63) is 12.3 Å². The van der Waals surface area contributed by atoms with Crippen molar-refractivity contribution < 1.29 is 4.74 Å². The van der Waals surface area contributed by atoms with Gasteiger partial charge in [0.15, 0.2) is 0 Å². The fourth-order valence-corrected chi connectivity index (χ4v) is 1.67. The van der Waals surface area contributed by atoms with Crippen LogP contribution in [0.4, 0.5) is 5.82 Å². The lowest BCUT2D eigenvalue weighted by Gasteiger charge is -2.21. The number of ether oxygens (including phenoxy) is 1. The minimum Gasteiger partial charge on any atom is -0.382 e. The zero-order valence-corrected chi connectivity index (χ0v) is 7.65. The van der Waals surface area contributed by atoms with Gasteiger partial charge in [-0.15, -0.1) is 0 Å². The van der Waals surface area contributed by atoms with Crippen LogP contribution in [-0.4, -0.2) is 23.0 Å². The number of aromatic nitrogens is 2. The average Bonchev–Trinajstić information content (AvgIpc) is 2.53. The van der Waals surface area contributed by atoms with Gasteiger partial charge < -0.3 is 10.5 Å². The summed E-state index contributed by atoms with van der Waals surface area (Å²) in [5.41, 5.74) is 5.53. The Labute approximate surface area is 77.7 Å². The SMILES string of the molecule is Nc1ccn(CC2CCOCC2)n1. The average molecular weight is 181 g/mol. The molecule has 2 rings (SSSR count). The molecule has 0 saturated carbocycles. The molecule has 72 valence electrons. The minimum absolute atomic E-state index is 0.604. The maximum absolute atomic E-state index is 5.53. The standard InChI is InChI=1S/C9H15N3O/c10-9-1-4-12(11-9)7-8-2-5-13-6-3-8/h1,4,8H,2-3,5-7H2,(H2,10,11). The van der Waals surface area contributed by atoms with Gasteiger partial charge in [-0.1, -0.05) is 0 Å². The van der Waals surface area contributed by atoms with Crippen LogP contribution in [0, 0.1) is 5.92 Å². The third-order valence-electron chi connectivity index (χ3n) is 2.45. The Hall–Kier alpha value is -1.03. The summed E-state index contributed by atoms with van der Waals surface area (Å²) in [6, 6.07) is 1.83. The molecule has 1 aliphatic rings. The lowest BCUT2D eigenvalue weighted by molar-refractivity contribution is 0.0602. The second-order valence-corrected chi connectivity index (χ2v) is 3.52. The van der Waals surface area contributed by atoms with E-state index in [4.69, 9.17) is 10.5 Å². The van der Waals surface area contributed by atoms with Gasteiger partial charge in [0.25, 0.3) is 0 Å². The Morgan fingerprint density at radius 2 is 2.31 bits per heavy atom. The van der Waals surface area contributed by atoms with Gasteiger partial charge in [-0.3, -0.25) is 4.68 Å². The zero-order valence-electron chi connectivity index (χ0n) is 7.65. The second-order valence-electron chi connectivity index (χ2n) is 3.52. The van der Waals surface area contributed by atoms with E-state index in [1.165, 1.54) is 0 Å². The van der Waals surface area contributed by atoms with Gasteiger partial charge in [-0.05, 0) is 24.8 Å². The van der Waals surface area contributed by atoms with Crippen molar-refractivity contribution in [2.24, 2.45) is 5.92 Å². The van der Waals surface area contributed by atoms with Gasteiger partial charge >= 0.3 is 0 Å². The van der Waals surface area contributed by atoms with E-state index >= 15 is 0 Å². The summed E-state index contributed by atoms with van der Waals surface area (Å²) in [6.07, 6.45) is 4.21. The number of nitrogen functional groups attached to an aromatic ring is 1. The van der Waals surface area contributed by atoms with Gasteiger partial charge in [-0.25, -0.2) is 0 Å². The van der Waals surface area contributed by atoms with Crippen LogP contribution in [0.25, 0.3) is 0 Å². The molecule has 0 spiro atoms. The zero-order chi connectivity index (χ0) is 9.10. The molecule has 13 heavy (non-hydrogen) atoms. The molecule has 0 bridgehead atoms. The van der Waals surface area contributed by atoms with Gasteiger partial charge in [-0.2, -0.15) is 5.10 Å². The molecule has 1 saturated heterocycles. The largest absolute Gasteiger partial charge is 0.382 e. The molecule has 4 nitrogen and oxygen atoms in total. The minimum atomic E-state index is 0.604. The maximum atomic E-state index is 5.53. The van der Waals surface area contributed by atoms with E-state index in [2.05, 4.69) is 5.10 Å². The molecule has 4 heteroatoms. The topological polar surface area (TPSA) is 53.1 Å². The van der Waals surface area contributed by atoms with Crippen LogP contribution in [0.5, 0.6) is 0 Å². The molecule has 0 atom stereocenters. The fraction of sp³-hybridized carbons (Fsp3) is 0.667. The van der Waals surface area contributed by atoms with E-state index in [9.17, 15) is 0 Å². The van der Waals surface area contributed by atoms with Crippen LogP contribution < -0.4 is 5.73 Å². The van der Waals surface area contributed by atoms with Crippen molar-refractivity contribution in [3.8, 4) is 0 Å². The van der Waals surface area contributed by atoms with Crippen LogP contribution in [0.1, 0.15) is 12.8 Å². The summed E-state index contributed by atoms with van der Waals surface area (Å²) in [4.78, 5) is 0. The first-order chi connectivity index (χ1) is 6.34. The number of hydrogen-bond acceptors (Lipinski definition) is 3. The highest BCUT2D eigenvalue weighted by molar-refractivity contribution is 5.23. The Morgan fingerprint density at radius 3 is 2.92 bits per heavy atom. The first-order valence-electron chi connectivity index (χ1n) is 4.71. The van der Waals surface area contributed by atoms with E-state index in [1.54, 1.807) is 0 Å². The number of rotatable bonds is 2. The van der Waals surface area contributed by atoms with E-state index in [-0.39, 0.29) is 0 Å². The summed E-state index contributed by atoms with van der Waals surface area (Å²) in [7, 11) is 0. The lowest BCUT2D eigenvalue weighted by Crippen LogP contribution is -2.20. The molecule has 1 aliphatic heterocycles. The summed E-state index contributed by atoms with van der Waals surface area (Å²) >= 11 is 0. The van der Waals surface area contributed by atoms with Crippen LogP contribution in [0.3, 0.4) is 0 Å². The molecule has 0 aliphatic carbocycles. The predicted octanol–water partition coefficient (Wildman–Crippen LogP) is 0.892. The molecule has 1 aromatic heterocycles. The van der Waals surface area contributed by atoms with Crippen LogP contribution in [0.15, 0.2) is 12.3 Å². The number of nitrogens with two attached hydrogens (primary N) is 1. The molecule has 2 N–H and O–H groups in total. The molecule has 0 aromatic carbocycles. The van der Waals surface area contributed by atoms with Gasteiger partial charge in [0.1, 0.15) is 5.82 Å². The van der Waals surface area contributed by atoms with Crippen molar-refractivity contribution in [3.63, 3.8) is 0 Å². The Morgan fingerprint density at radius 1 is 1.54 bits per heavy atom. The Kier molecular flexibility index (Phi) is 2.49. The van der Waals surface area contributed by atoms with E-state index in [1.807, 2.05) is 16.9 Å². The third kappa shape index (κ3) is 2.21. The number of hydrogen-bond donors (Lipinski definition) is 1. The van der Waals surface area contributed by atoms with Crippen molar-refractivity contribution in [2.45, 2.75) is 19.4 Å². The maximum Gasteiger partial charge on any atom is 0.145 e. The van der Waals surface area contributed by atoms with Gasteiger partial charge in [0.2, 0.25) is 0 Å². The molecule has 0 radical (unpaired) electrons. The van der Waals surface area contributed by atoms with E-state index < -0.39 is 0 Å². The molecular weight excluding hydrogens is 166 g/mol. The number of nitrogens with zero attached hydrogens (tertiary/aromatic N) is 2. The van der Waals surface area contributed by atoms with E-state index in [0.717, 1.165) is 32.6 Å². The number of anilines is 1. The summed E-state index contributed by atoms with van der Waals surface area (Å²) in [5.74, 6) is 1.31. The molecule has 1 aromatic rings. The lowest BCUT2D eigenvalue weighted by atomic mass is 10.0. The van der Waals surface area contributed by atoms with Crippen molar-refractivity contribution in [1.82, 2.24) is 9.78 Å². The van der Waals surface area contributed by atoms with Crippen LogP contribution >= 0.6 is 0 Å². The van der Waals surface area contributed by atoms with Crippen LogP contribution in [-0.2, 0) is 11.3 Å². The Bertz CT molecular complexity index is 266. The predicted molar refractivity (Wildman–Crippen MR) is 50.2 cm³/mol. The first kappa shape index (κ1) is 8.56. The summed E-state index contributed by atoms with van der Waals surface area (Å²) < 4.78 is 7.21. The van der Waals surface area contributed by atoms with Gasteiger partial charge in [0.05, 0.1) is 0 Å². The monoisotopic (exact) mass is 181 g/mol. The van der Waals surface area contributed by atoms with Gasteiger partial charge in [0, 0.05) is 26.0 Å². The fourth-order valence-electron chi connectivity index (χ4n) is 1.67. The smallest absolute Gasteiger partial charge is 0.145 e. The van der Waals surface area contributed by atoms with Crippen molar-refractivity contribution in [1.29, 1.82) is 0 Å². The first-order valence-corrected chi connectivity index (χ1v) is 4.71.